The van der Waals surface area contributed by atoms with E-state index in [4.69, 9.17) is 0 Å². The van der Waals surface area contributed by atoms with Gasteiger partial charge in [-0.1, -0.05) is 49.3 Å². The van der Waals surface area contributed by atoms with Gasteiger partial charge in [-0.2, -0.15) is 0 Å². The van der Waals surface area contributed by atoms with E-state index in [9.17, 15) is 10.2 Å². The zero-order valence-electron chi connectivity index (χ0n) is 12.7. The Morgan fingerprint density at radius 1 is 0.722 bits per heavy atom. The van der Waals surface area contributed by atoms with Gasteiger partial charge in [-0.05, 0) is 39.5 Å². The molecule has 0 saturated heterocycles. The van der Waals surface area contributed by atoms with Crippen LogP contribution in [0.5, 0.6) is 0 Å². The van der Waals surface area contributed by atoms with Crippen molar-refractivity contribution >= 4 is 21.6 Å². The molecule has 0 heterocycles. The predicted octanol–water partition coefficient (Wildman–Crippen LogP) is 4.25. The summed E-state index contributed by atoms with van der Waals surface area (Å²) in [6.07, 6.45) is 3.13. The maximum absolute atomic E-state index is 10.0. The van der Waals surface area contributed by atoms with E-state index in [1.54, 1.807) is 21.6 Å². The average Bonchev–Trinajstić information content (AvgIpc) is 2.35. The third-order valence-corrected chi connectivity index (χ3v) is 9.12. The minimum Gasteiger partial charge on any atom is -0.392 e. The number of rotatable bonds is 9. The van der Waals surface area contributed by atoms with Crippen LogP contribution in [0.4, 0.5) is 0 Å². The van der Waals surface area contributed by atoms with Crippen molar-refractivity contribution in [1.29, 1.82) is 0 Å². The summed E-state index contributed by atoms with van der Waals surface area (Å²) in [5, 5.41) is 20.1. The Morgan fingerprint density at radius 3 is 1.06 bits per heavy atom. The molecule has 0 aliphatic rings. The van der Waals surface area contributed by atoms with Gasteiger partial charge in [0.2, 0.25) is 0 Å². The van der Waals surface area contributed by atoms with Crippen LogP contribution in [0.25, 0.3) is 0 Å². The van der Waals surface area contributed by atoms with Crippen molar-refractivity contribution in [2.75, 3.05) is 0 Å². The van der Waals surface area contributed by atoms with E-state index in [1.165, 1.54) is 0 Å². The van der Waals surface area contributed by atoms with Gasteiger partial charge in [-0.3, -0.25) is 0 Å². The highest BCUT2D eigenvalue weighted by atomic mass is 33.1. The molecule has 2 N–H and O–H groups in total. The Labute approximate surface area is 121 Å². The van der Waals surface area contributed by atoms with E-state index < -0.39 is 0 Å². The fourth-order valence-corrected chi connectivity index (χ4v) is 6.55. The molecule has 0 amide bonds. The van der Waals surface area contributed by atoms with Crippen LogP contribution in [0.3, 0.4) is 0 Å². The molecule has 4 heteroatoms. The number of hydrogen-bond donors (Lipinski definition) is 2. The van der Waals surface area contributed by atoms with Crippen molar-refractivity contribution < 1.29 is 10.2 Å². The first-order chi connectivity index (χ1) is 8.34. The Morgan fingerprint density at radius 2 is 0.944 bits per heavy atom. The van der Waals surface area contributed by atoms with Crippen LogP contribution in [0.15, 0.2) is 0 Å². The lowest BCUT2D eigenvalue weighted by atomic mass is 9.96. The molecule has 0 aromatic carbocycles. The molecule has 18 heavy (non-hydrogen) atoms. The quantitative estimate of drug-likeness (QED) is 0.624. The highest BCUT2D eigenvalue weighted by Gasteiger charge is 2.39. The van der Waals surface area contributed by atoms with Gasteiger partial charge >= 0.3 is 0 Å². The van der Waals surface area contributed by atoms with E-state index >= 15 is 0 Å². The molecule has 0 aliphatic heterocycles. The molecule has 2 nitrogen and oxygen atoms in total. The van der Waals surface area contributed by atoms with E-state index in [1.807, 2.05) is 13.8 Å². The van der Waals surface area contributed by atoms with Gasteiger partial charge in [0.05, 0.1) is 21.7 Å². The molecule has 0 radical (unpaired) electrons. The van der Waals surface area contributed by atoms with E-state index in [-0.39, 0.29) is 21.7 Å². The highest BCUT2D eigenvalue weighted by molar-refractivity contribution is 8.77. The summed E-state index contributed by atoms with van der Waals surface area (Å²) in [5.41, 5.74) is 0. The van der Waals surface area contributed by atoms with Crippen LogP contribution >= 0.6 is 21.6 Å². The van der Waals surface area contributed by atoms with Gasteiger partial charge in [-0.15, -0.1) is 0 Å². The van der Waals surface area contributed by atoms with Crippen LogP contribution in [-0.2, 0) is 0 Å². The topological polar surface area (TPSA) is 40.5 Å². The van der Waals surface area contributed by atoms with Crippen molar-refractivity contribution in [3.63, 3.8) is 0 Å². The molecule has 0 aromatic rings. The normalized spacial score (nSPS) is 16.7. The summed E-state index contributed by atoms with van der Waals surface area (Å²) in [6.45, 7) is 12.3. The molecule has 0 aromatic heterocycles. The summed E-state index contributed by atoms with van der Waals surface area (Å²) in [4.78, 5) is 0. The summed E-state index contributed by atoms with van der Waals surface area (Å²) in [5.74, 6) is 0. The summed E-state index contributed by atoms with van der Waals surface area (Å²) in [7, 11) is 3.54. The Bertz CT molecular complexity index is 198. The predicted molar refractivity (Wildman–Crippen MR) is 85.2 cm³/mol. The van der Waals surface area contributed by atoms with Gasteiger partial charge in [0.25, 0.3) is 0 Å². The molecule has 2 atom stereocenters. The minimum absolute atomic E-state index is 0.102. The summed E-state index contributed by atoms with van der Waals surface area (Å²) in [6, 6.07) is 0. The molecular weight excluding hydrogens is 264 g/mol. The molecule has 0 aliphatic carbocycles. The van der Waals surface area contributed by atoms with Crippen LogP contribution in [0.2, 0.25) is 0 Å². The molecule has 0 spiro atoms. The number of aliphatic hydroxyl groups excluding tert-OH is 2. The van der Waals surface area contributed by atoms with Crippen molar-refractivity contribution in [2.24, 2.45) is 0 Å². The van der Waals surface area contributed by atoms with Crippen LogP contribution in [0, 0.1) is 0 Å². The SMILES string of the molecule is CCC(CC)(SSC(CC)(CC)C(C)O)C(C)O. The Balaban J connectivity index is 4.87. The lowest BCUT2D eigenvalue weighted by molar-refractivity contribution is 0.139. The number of aliphatic hydroxyl groups is 2. The van der Waals surface area contributed by atoms with E-state index in [0.29, 0.717) is 0 Å². The van der Waals surface area contributed by atoms with Crippen molar-refractivity contribution in [3.05, 3.63) is 0 Å². The van der Waals surface area contributed by atoms with Crippen molar-refractivity contribution in [1.82, 2.24) is 0 Å². The summed E-state index contributed by atoms with van der Waals surface area (Å²) < 4.78 is -0.204. The molecular formula is C14H30O2S2. The largest absolute Gasteiger partial charge is 0.392 e. The van der Waals surface area contributed by atoms with Crippen LogP contribution in [-0.4, -0.2) is 31.9 Å². The maximum Gasteiger partial charge on any atom is 0.0666 e. The van der Waals surface area contributed by atoms with Crippen LogP contribution in [0.1, 0.15) is 67.2 Å². The molecule has 0 fully saturated rings. The van der Waals surface area contributed by atoms with E-state index in [0.717, 1.165) is 25.7 Å². The summed E-state index contributed by atoms with van der Waals surface area (Å²) >= 11 is 0. The second kappa shape index (κ2) is 8.03. The average molecular weight is 295 g/mol. The van der Waals surface area contributed by atoms with Crippen molar-refractivity contribution in [2.45, 2.75) is 88.9 Å². The fraction of sp³-hybridized carbons (Fsp3) is 1.00. The van der Waals surface area contributed by atoms with E-state index in [2.05, 4.69) is 27.7 Å². The minimum atomic E-state index is -0.328. The zero-order chi connectivity index (χ0) is 14.4. The van der Waals surface area contributed by atoms with Gasteiger partial charge in [0.1, 0.15) is 0 Å². The highest BCUT2D eigenvalue weighted by Crippen LogP contribution is 2.52. The van der Waals surface area contributed by atoms with Gasteiger partial charge < -0.3 is 10.2 Å². The van der Waals surface area contributed by atoms with Gasteiger partial charge in [0, 0.05) is 0 Å². The van der Waals surface area contributed by atoms with Gasteiger partial charge in [0.15, 0.2) is 0 Å². The van der Waals surface area contributed by atoms with Crippen molar-refractivity contribution in [3.8, 4) is 0 Å². The zero-order valence-corrected chi connectivity index (χ0v) is 14.3. The maximum atomic E-state index is 10.0. The first-order valence-corrected chi connectivity index (χ1v) is 9.22. The lowest BCUT2D eigenvalue weighted by Crippen LogP contribution is -2.39. The second-order valence-electron chi connectivity index (χ2n) is 5.06. The van der Waals surface area contributed by atoms with Gasteiger partial charge in [-0.25, -0.2) is 0 Å². The lowest BCUT2D eigenvalue weighted by Gasteiger charge is -2.39. The van der Waals surface area contributed by atoms with Crippen LogP contribution < -0.4 is 0 Å². The third kappa shape index (κ3) is 4.06. The molecule has 110 valence electrons. The molecule has 0 rings (SSSR count). The molecule has 0 saturated carbocycles. The Hall–Kier alpha value is 0.620. The Kier molecular flexibility index (Phi) is 8.31. The molecule has 0 bridgehead atoms. The monoisotopic (exact) mass is 294 g/mol. The smallest absolute Gasteiger partial charge is 0.0666 e. The number of hydrogen-bond acceptors (Lipinski definition) is 4. The standard InChI is InChI=1S/C14H30O2S2/c1-7-13(8-2,11(5)15)17-18-14(9-3,10-4)12(6)16/h11-12,15-16H,7-10H2,1-6H3. The second-order valence-corrected chi connectivity index (χ2v) is 8.02. The first kappa shape index (κ1) is 18.6. The molecule has 2 unspecified atom stereocenters. The first-order valence-electron chi connectivity index (χ1n) is 7.07. The fourth-order valence-electron chi connectivity index (χ4n) is 2.22. The third-order valence-electron chi connectivity index (χ3n) is 4.29.